The van der Waals surface area contributed by atoms with Crippen molar-refractivity contribution in [2.75, 3.05) is 0 Å². The van der Waals surface area contributed by atoms with E-state index in [9.17, 15) is 41.9 Å². The van der Waals surface area contributed by atoms with Gasteiger partial charge in [-0.2, -0.15) is 16.8 Å². The summed E-state index contributed by atoms with van der Waals surface area (Å²) < 4.78 is 63.2. The molecule has 0 atom stereocenters. The summed E-state index contributed by atoms with van der Waals surface area (Å²) in [6.07, 6.45) is 0. The van der Waals surface area contributed by atoms with Crippen molar-refractivity contribution in [1.82, 2.24) is 0 Å². The number of carbonyl (C=O) groups is 1. The third-order valence-electron chi connectivity index (χ3n) is 3.32. The number of nitrogens with zero attached hydrogens (tertiary/aromatic N) is 2. The van der Waals surface area contributed by atoms with Crippen LogP contribution in [0.3, 0.4) is 0 Å². The van der Waals surface area contributed by atoms with Gasteiger partial charge in [-0.05, 0) is 12.1 Å². The molecule has 0 aliphatic carbocycles. The Morgan fingerprint density at radius 3 is 1.28 bits per heavy atom. The van der Waals surface area contributed by atoms with Crippen LogP contribution in [0.1, 0.15) is 15.9 Å². The van der Waals surface area contributed by atoms with Gasteiger partial charge >= 0.3 is 0 Å². The molecule has 1 radical (unpaired) electrons. The van der Waals surface area contributed by atoms with Crippen LogP contribution in [0.2, 0.25) is 0 Å². The van der Waals surface area contributed by atoms with Gasteiger partial charge in [0, 0.05) is 64.9 Å². The summed E-state index contributed by atoms with van der Waals surface area (Å²) in [5.74, 6) is -1.23. The average Bonchev–Trinajstić information content (AvgIpc) is 2.58. The SMILES string of the molecule is O=C(c1cc([N+](=O)[O-])cc(S(=O)(=O)O)c1)c1cc([N+](=O)[O-])cc(S(=O)(=O)O)c1.[Na]. The smallest absolute Gasteiger partial charge is 0.289 e. The van der Waals surface area contributed by atoms with E-state index in [1.54, 1.807) is 0 Å². The summed E-state index contributed by atoms with van der Waals surface area (Å²) in [6, 6.07) is 3.34. The largest absolute Gasteiger partial charge is 0.294 e. The van der Waals surface area contributed by atoms with Crippen molar-refractivity contribution in [2.24, 2.45) is 0 Å². The van der Waals surface area contributed by atoms with E-state index in [2.05, 4.69) is 0 Å². The van der Waals surface area contributed by atoms with Crippen molar-refractivity contribution in [2.45, 2.75) is 9.79 Å². The molecule has 0 amide bonds. The van der Waals surface area contributed by atoms with Gasteiger partial charge in [0.2, 0.25) is 0 Å². The van der Waals surface area contributed by atoms with E-state index in [-0.39, 0.29) is 29.6 Å². The van der Waals surface area contributed by atoms with Crippen LogP contribution < -0.4 is 0 Å². The molecule has 2 aromatic carbocycles. The topological polar surface area (TPSA) is 212 Å². The van der Waals surface area contributed by atoms with Crippen molar-refractivity contribution in [1.29, 1.82) is 0 Å². The summed E-state index contributed by atoms with van der Waals surface area (Å²) in [6.45, 7) is 0. The molecule has 29 heavy (non-hydrogen) atoms. The first kappa shape index (κ1) is 24.8. The average molecular weight is 455 g/mol. The molecule has 2 aromatic rings. The zero-order chi connectivity index (χ0) is 21.4. The number of hydrogen-bond donors (Lipinski definition) is 2. The molecule has 0 saturated heterocycles. The second kappa shape index (κ2) is 8.62. The van der Waals surface area contributed by atoms with Crippen LogP contribution in [0.5, 0.6) is 0 Å². The second-order valence-electron chi connectivity index (χ2n) is 5.22. The molecule has 2 rings (SSSR count). The number of non-ortho nitro benzene ring substituents is 2. The van der Waals surface area contributed by atoms with Gasteiger partial charge in [0.05, 0.1) is 9.85 Å². The normalized spacial score (nSPS) is 11.4. The van der Waals surface area contributed by atoms with Gasteiger partial charge in [-0.3, -0.25) is 34.1 Å². The summed E-state index contributed by atoms with van der Waals surface area (Å²) in [5.41, 5.74) is -3.13. The van der Waals surface area contributed by atoms with E-state index in [4.69, 9.17) is 9.11 Å². The van der Waals surface area contributed by atoms with Crippen LogP contribution in [0.4, 0.5) is 11.4 Å². The van der Waals surface area contributed by atoms with Crippen molar-refractivity contribution in [3.8, 4) is 0 Å². The van der Waals surface area contributed by atoms with Gasteiger partial charge in [0.1, 0.15) is 9.79 Å². The van der Waals surface area contributed by atoms with Crippen molar-refractivity contribution in [3.63, 3.8) is 0 Å². The maximum Gasteiger partial charge on any atom is 0.294 e. The fraction of sp³-hybridized carbons (Fsp3) is 0. The molecule has 13 nitrogen and oxygen atoms in total. The minimum absolute atomic E-state index is 0. The standard InChI is InChI=1S/C13H8N2O11S2.Na/c16-13(7-1-9(14(17)18)5-11(3-7)27(21,22)23)8-2-10(15(19)20)6-12(4-8)28(24,25)26;/h1-6H,(H,21,22,23)(H,24,25,26);. The first-order valence-electron chi connectivity index (χ1n) is 6.79. The number of ketones is 1. The molecule has 16 heteroatoms. The predicted octanol–water partition coefficient (Wildman–Crippen LogP) is 0.847. The van der Waals surface area contributed by atoms with Gasteiger partial charge in [-0.15, -0.1) is 0 Å². The van der Waals surface area contributed by atoms with Gasteiger partial charge < -0.3 is 0 Å². The number of hydrogen-bond acceptors (Lipinski definition) is 9. The molecule has 0 unspecified atom stereocenters. The van der Waals surface area contributed by atoms with E-state index in [1.165, 1.54) is 0 Å². The third kappa shape index (κ3) is 5.86. The van der Waals surface area contributed by atoms with Gasteiger partial charge in [0.25, 0.3) is 31.6 Å². The predicted molar refractivity (Wildman–Crippen MR) is 95.0 cm³/mol. The molecular formula is C13H8N2NaO11S2. The minimum atomic E-state index is -4.95. The number of nitro groups is 2. The maximum absolute atomic E-state index is 12.6. The Morgan fingerprint density at radius 1 is 0.724 bits per heavy atom. The maximum atomic E-state index is 12.6. The molecule has 0 spiro atoms. The number of nitro benzene ring substituents is 2. The van der Waals surface area contributed by atoms with E-state index < -0.39 is 68.2 Å². The number of rotatable bonds is 6. The van der Waals surface area contributed by atoms with E-state index in [1.807, 2.05) is 0 Å². The van der Waals surface area contributed by atoms with Gasteiger partial charge in [-0.1, -0.05) is 0 Å². The summed E-state index contributed by atoms with van der Waals surface area (Å²) in [5, 5.41) is 21.9. The Morgan fingerprint density at radius 2 is 1.03 bits per heavy atom. The van der Waals surface area contributed by atoms with Crippen LogP contribution in [0, 0.1) is 20.2 Å². The van der Waals surface area contributed by atoms with Crippen molar-refractivity contribution < 1.29 is 40.6 Å². The molecule has 0 aliphatic heterocycles. The second-order valence-corrected chi connectivity index (χ2v) is 8.07. The summed E-state index contributed by atoms with van der Waals surface area (Å²) in [4.78, 5) is 30.3. The number of carbonyl (C=O) groups excluding carboxylic acids is 1. The van der Waals surface area contributed by atoms with Crippen molar-refractivity contribution in [3.05, 3.63) is 67.8 Å². The van der Waals surface area contributed by atoms with Crippen LogP contribution in [0.25, 0.3) is 0 Å². The zero-order valence-electron chi connectivity index (χ0n) is 14.2. The molecule has 0 aliphatic rings. The van der Waals surface area contributed by atoms with E-state index in [0.717, 1.165) is 0 Å². The summed E-state index contributed by atoms with van der Waals surface area (Å²) in [7, 11) is -9.90. The third-order valence-corrected chi connectivity index (χ3v) is 4.99. The monoisotopic (exact) mass is 455 g/mol. The van der Waals surface area contributed by atoms with Gasteiger partial charge in [-0.25, -0.2) is 0 Å². The molecule has 0 aromatic heterocycles. The fourth-order valence-electron chi connectivity index (χ4n) is 2.10. The molecule has 2 N–H and O–H groups in total. The van der Waals surface area contributed by atoms with E-state index >= 15 is 0 Å². The fourth-order valence-corrected chi connectivity index (χ4v) is 3.20. The molecule has 0 fully saturated rings. The minimum Gasteiger partial charge on any atom is -0.289 e. The Labute approximate surface area is 184 Å². The molecule has 0 bridgehead atoms. The van der Waals surface area contributed by atoms with Crippen LogP contribution in [-0.4, -0.2) is 71.1 Å². The Bertz CT molecular complexity index is 1140. The molecule has 0 heterocycles. The van der Waals surface area contributed by atoms with E-state index in [0.29, 0.717) is 36.4 Å². The first-order valence-corrected chi connectivity index (χ1v) is 9.67. The van der Waals surface area contributed by atoms with Crippen LogP contribution in [0.15, 0.2) is 46.2 Å². The first-order chi connectivity index (χ1) is 12.7. The zero-order valence-corrected chi connectivity index (χ0v) is 17.9. The number of benzene rings is 2. The van der Waals surface area contributed by atoms with Crippen LogP contribution in [-0.2, 0) is 20.2 Å². The molecular weight excluding hydrogens is 447 g/mol. The quantitative estimate of drug-likeness (QED) is 0.205. The Balaban J connectivity index is 0.00000420. The summed E-state index contributed by atoms with van der Waals surface area (Å²) >= 11 is 0. The van der Waals surface area contributed by atoms with Gasteiger partial charge in [0.15, 0.2) is 5.78 Å². The Hall–Kier alpha value is -2.27. The molecule has 149 valence electrons. The van der Waals surface area contributed by atoms with Crippen LogP contribution >= 0.6 is 0 Å². The molecule has 0 saturated carbocycles. The Kier molecular flexibility index (Phi) is 7.36. The van der Waals surface area contributed by atoms with Crippen molar-refractivity contribution >= 4 is 67.0 Å².